The highest BCUT2D eigenvalue weighted by Crippen LogP contribution is 2.23. The van der Waals surface area contributed by atoms with Crippen molar-refractivity contribution in [3.63, 3.8) is 0 Å². The highest BCUT2D eigenvalue weighted by Gasteiger charge is 2.24. The number of benzene rings is 3. The van der Waals surface area contributed by atoms with Gasteiger partial charge in [-0.1, -0.05) is 60.1 Å². The maximum Gasteiger partial charge on any atom is 0.363 e. The fraction of sp³-hybridized carbons (Fsp3) is 0.120. The van der Waals surface area contributed by atoms with Crippen LogP contribution in [-0.4, -0.2) is 18.4 Å². The molecule has 0 amide bonds. The third-order valence-corrected chi connectivity index (χ3v) is 5.09. The van der Waals surface area contributed by atoms with E-state index in [4.69, 9.17) is 16.3 Å². The van der Waals surface area contributed by atoms with E-state index in [0.717, 1.165) is 24.3 Å². The molecular weight excluding hydrogens is 396 g/mol. The molecule has 0 aliphatic carbocycles. The van der Waals surface area contributed by atoms with Crippen LogP contribution in [0, 0.1) is 0 Å². The van der Waals surface area contributed by atoms with Crippen LogP contribution in [0.25, 0.3) is 6.08 Å². The lowest BCUT2D eigenvalue weighted by molar-refractivity contribution is -0.129. The molecular formula is C25H21ClN2O2. The van der Waals surface area contributed by atoms with Gasteiger partial charge < -0.3 is 9.64 Å². The standard InChI is InChI=1S/C25H21ClN2O2/c1-2-28(17-19-7-4-3-5-8-19)22-13-11-18(12-14-22)15-23-25(29)30-24(27-23)20-9-6-10-21(26)16-20/h3-16H,2,17H2,1H3/b23-15-. The summed E-state index contributed by atoms with van der Waals surface area (Å²) in [4.78, 5) is 18.9. The van der Waals surface area contributed by atoms with Gasteiger partial charge in [-0.3, -0.25) is 0 Å². The molecule has 0 N–H and O–H groups in total. The summed E-state index contributed by atoms with van der Waals surface area (Å²) in [6, 6.07) is 25.5. The largest absolute Gasteiger partial charge is 0.402 e. The Hall–Kier alpha value is -3.37. The third kappa shape index (κ3) is 4.61. The number of esters is 1. The molecule has 1 aliphatic rings. The molecule has 0 aromatic heterocycles. The van der Waals surface area contributed by atoms with Crippen molar-refractivity contribution >= 4 is 35.2 Å². The minimum absolute atomic E-state index is 0.269. The summed E-state index contributed by atoms with van der Waals surface area (Å²) in [5, 5.41) is 0.565. The van der Waals surface area contributed by atoms with E-state index in [2.05, 4.69) is 53.2 Å². The molecule has 0 unspecified atom stereocenters. The van der Waals surface area contributed by atoms with E-state index in [9.17, 15) is 4.79 Å². The highest BCUT2D eigenvalue weighted by molar-refractivity contribution is 6.31. The van der Waals surface area contributed by atoms with Crippen molar-refractivity contribution in [1.29, 1.82) is 0 Å². The summed E-state index contributed by atoms with van der Waals surface area (Å²) in [5.74, 6) is -0.196. The number of carbonyl (C=O) groups is 1. The van der Waals surface area contributed by atoms with E-state index in [0.29, 0.717) is 10.6 Å². The van der Waals surface area contributed by atoms with Crippen molar-refractivity contribution in [2.24, 2.45) is 4.99 Å². The Labute approximate surface area is 181 Å². The quantitative estimate of drug-likeness (QED) is 0.381. The van der Waals surface area contributed by atoms with Gasteiger partial charge in [0.25, 0.3) is 0 Å². The van der Waals surface area contributed by atoms with Crippen molar-refractivity contribution in [2.75, 3.05) is 11.4 Å². The van der Waals surface area contributed by atoms with Crippen LogP contribution >= 0.6 is 11.6 Å². The molecule has 1 aliphatic heterocycles. The van der Waals surface area contributed by atoms with Gasteiger partial charge >= 0.3 is 5.97 Å². The Morgan fingerprint density at radius 3 is 2.47 bits per heavy atom. The SMILES string of the molecule is CCN(Cc1ccccc1)c1ccc(/C=C2\N=C(c3cccc(Cl)c3)OC2=O)cc1. The van der Waals surface area contributed by atoms with E-state index in [1.165, 1.54) is 5.56 Å². The molecule has 5 heteroatoms. The molecule has 0 radical (unpaired) electrons. The van der Waals surface area contributed by atoms with Gasteiger partial charge in [-0.2, -0.15) is 0 Å². The monoisotopic (exact) mass is 416 g/mol. The molecule has 0 saturated heterocycles. The molecule has 4 nitrogen and oxygen atoms in total. The molecule has 30 heavy (non-hydrogen) atoms. The molecule has 0 bridgehead atoms. The van der Waals surface area contributed by atoms with Crippen LogP contribution in [0.15, 0.2) is 89.6 Å². The van der Waals surface area contributed by atoms with Crippen LogP contribution in [-0.2, 0) is 16.1 Å². The van der Waals surface area contributed by atoms with Crippen molar-refractivity contribution in [3.05, 3.63) is 106 Å². The summed E-state index contributed by atoms with van der Waals surface area (Å²) in [5.41, 5.74) is 4.23. The first kappa shape index (κ1) is 19.9. The number of anilines is 1. The van der Waals surface area contributed by atoms with Gasteiger partial charge in [-0.05, 0) is 54.5 Å². The number of carbonyl (C=O) groups excluding carboxylic acids is 1. The first-order valence-electron chi connectivity index (χ1n) is 9.80. The molecule has 0 fully saturated rings. The summed E-state index contributed by atoms with van der Waals surface area (Å²) < 4.78 is 5.31. The zero-order valence-corrected chi connectivity index (χ0v) is 17.3. The minimum atomic E-state index is -0.465. The third-order valence-electron chi connectivity index (χ3n) is 4.85. The average Bonchev–Trinajstić information content (AvgIpc) is 3.14. The average molecular weight is 417 g/mol. The Balaban J connectivity index is 1.52. The normalized spacial score (nSPS) is 14.5. The van der Waals surface area contributed by atoms with E-state index >= 15 is 0 Å². The second-order valence-electron chi connectivity index (χ2n) is 6.94. The van der Waals surface area contributed by atoms with Crippen molar-refractivity contribution in [2.45, 2.75) is 13.5 Å². The summed E-state index contributed by atoms with van der Waals surface area (Å²) in [6.45, 7) is 3.88. The van der Waals surface area contributed by atoms with Crippen LogP contribution in [0.4, 0.5) is 5.69 Å². The predicted molar refractivity (Wildman–Crippen MR) is 122 cm³/mol. The molecule has 0 atom stereocenters. The maximum absolute atomic E-state index is 12.2. The number of nitrogens with zero attached hydrogens (tertiary/aromatic N) is 2. The molecule has 0 spiro atoms. The van der Waals surface area contributed by atoms with Crippen LogP contribution in [0.5, 0.6) is 0 Å². The highest BCUT2D eigenvalue weighted by atomic mass is 35.5. The fourth-order valence-corrected chi connectivity index (χ4v) is 3.47. The van der Waals surface area contributed by atoms with Crippen LogP contribution in [0.1, 0.15) is 23.6 Å². The maximum atomic E-state index is 12.2. The zero-order valence-electron chi connectivity index (χ0n) is 16.6. The Morgan fingerprint density at radius 1 is 1.00 bits per heavy atom. The molecule has 4 rings (SSSR count). The van der Waals surface area contributed by atoms with Gasteiger partial charge in [0.15, 0.2) is 5.70 Å². The van der Waals surface area contributed by atoms with E-state index in [1.807, 2.05) is 24.3 Å². The van der Waals surface area contributed by atoms with Gasteiger partial charge in [0, 0.05) is 29.4 Å². The molecule has 0 saturated carbocycles. The number of rotatable bonds is 6. The Kier molecular flexibility index (Phi) is 5.96. The first-order chi connectivity index (χ1) is 14.6. The molecule has 1 heterocycles. The summed E-state index contributed by atoms with van der Waals surface area (Å²) in [6.07, 6.45) is 1.73. The smallest absolute Gasteiger partial charge is 0.363 e. The van der Waals surface area contributed by atoms with Gasteiger partial charge in [0.1, 0.15) is 0 Å². The van der Waals surface area contributed by atoms with Gasteiger partial charge in [0.05, 0.1) is 0 Å². The predicted octanol–water partition coefficient (Wildman–Crippen LogP) is 5.71. The number of hydrogen-bond acceptors (Lipinski definition) is 4. The van der Waals surface area contributed by atoms with Crippen LogP contribution in [0.3, 0.4) is 0 Å². The number of cyclic esters (lactones) is 1. The fourth-order valence-electron chi connectivity index (χ4n) is 3.28. The van der Waals surface area contributed by atoms with Crippen molar-refractivity contribution < 1.29 is 9.53 Å². The van der Waals surface area contributed by atoms with Crippen LogP contribution in [0.2, 0.25) is 5.02 Å². The van der Waals surface area contributed by atoms with E-state index in [-0.39, 0.29) is 11.6 Å². The minimum Gasteiger partial charge on any atom is -0.402 e. The lowest BCUT2D eigenvalue weighted by Gasteiger charge is -2.23. The zero-order chi connectivity index (χ0) is 20.9. The van der Waals surface area contributed by atoms with Crippen molar-refractivity contribution in [3.8, 4) is 0 Å². The number of ether oxygens (including phenoxy) is 1. The summed E-state index contributed by atoms with van der Waals surface area (Å²) >= 11 is 6.02. The Morgan fingerprint density at radius 2 is 1.77 bits per heavy atom. The molecule has 150 valence electrons. The number of aliphatic imine (C=N–C) groups is 1. The van der Waals surface area contributed by atoms with Gasteiger partial charge in [0.2, 0.25) is 5.90 Å². The number of hydrogen-bond donors (Lipinski definition) is 0. The topological polar surface area (TPSA) is 41.9 Å². The van der Waals surface area contributed by atoms with Crippen molar-refractivity contribution in [1.82, 2.24) is 0 Å². The first-order valence-corrected chi connectivity index (χ1v) is 10.2. The van der Waals surface area contributed by atoms with Gasteiger partial charge in [-0.15, -0.1) is 0 Å². The second kappa shape index (κ2) is 8.97. The van der Waals surface area contributed by atoms with Gasteiger partial charge in [-0.25, -0.2) is 9.79 Å². The molecule has 3 aromatic carbocycles. The molecule has 3 aromatic rings. The van der Waals surface area contributed by atoms with Crippen LogP contribution < -0.4 is 4.90 Å². The lowest BCUT2D eigenvalue weighted by atomic mass is 10.1. The second-order valence-corrected chi connectivity index (χ2v) is 7.37. The van der Waals surface area contributed by atoms with E-state index in [1.54, 1.807) is 24.3 Å². The Bertz CT molecular complexity index is 1110. The number of halogens is 1. The lowest BCUT2D eigenvalue weighted by Crippen LogP contribution is -2.21. The summed E-state index contributed by atoms with van der Waals surface area (Å²) in [7, 11) is 0. The van der Waals surface area contributed by atoms with E-state index < -0.39 is 5.97 Å².